The molecule has 8 nitrogen and oxygen atoms in total. The van der Waals surface area contributed by atoms with Crippen LogP contribution in [-0.4, -0.2) is 49.8 Å². The maximum Gasteiger partial charge on any atom is 0.330 e. The average Bonchev–Trinajstić information content (AvgIpc) is 2.85. The van der Waals surface area contributed by atoms with E-state index in [0.717, 1.165) is 29.0 Å². The Kier molecular flexibility index (Phi) is 6.94. The summed E-state index contributed by atoms with van der Waals surface area (Å²) in [5.74, 6) is 0. The van der Waals surface area contributed by atoms with Gasteiger partial charge in [-0.15, -0.1) is 0 Å². The van der Waals surface area contributed by atoms with Crippen LogP contribution >= 0.6 is 0 Å². The maximum absolute atomic E-state index is 12.3. The molecule has 0 aromatic carbocycles. The van der Waals surface area contributed by atoms with E-state index in [1.807, 2.05) is 26.8 Å². The zero-order valence-electron chi connectivity index (χ0n) is 15.9. The minimum atomic E-state index is -1.62. The Morgan fingerprint density at radius 2 is 2.00 bits per heavy atom. The molecule has 2 heterocycles. The molecule has 0 aliphatic carbocycles. The monoisotopic (exact) mass is 380 g/mol. The van der Waals surface area contributed by atoms with Crippen molar-refractivity contribution in [3.8, 4) is 0 Å². The number of allylic oxidation sites excluding steroid dienone is 3. The standard InChI is InChI=1S/C19H28N2O6/c1-12(2)5-4-6-13(3)7-9-19(17(25)16(24)14(11-22)27-19)21-10-8-15(23)20-18(21)26/h5,7-8,10,14,16-17,22,24-25H,4,6,9,11H2,1-3H3,(H,20,23,26)/b13-7+/t14-,16-,17-,19-/m1/s1. The molecule has 4 N–H and O–H groups in total. The van der Waals surface area contributed by atoms with Crippen molar-refractivity contribution in [1.29, 1.82) is 0 Å². The summed E-state index contributed by atoms with van der Waals surface area (Å²) in [6.07, 6.45) is 3.06. The van der Waals surface area contributed by atoms with E-state index in [1.54, 1.807) is 0 Å². The number of nitrogens with one attached hydrogen (secondary N) is 1. The number of rotatable bonds is 7. The lowest BCUT2D eigenvalue weighted by Crippen LogP contribution is -2.51. The summed E-state index contributed by atoms with van der Waals surface area (Å²) < 4.78 is 6.82. The second-order valence-electron chi connectivity index (χ2n) is 7.17. The van der Waals surface area contributed by atoms with Gasteiger partial charge in [0.1, 0.15) is 18.3 Å². The lowest BCUT2D eigenvalue weighted by molar-refractivity contribution is -0.148. The molecule has 0 radical (unpaired) electrons. The summed E-state index contributed by atoms with van der Waals surface area (Å²) in [6, 6.07) is 1.14. The van der Waals surface area contributed by atoms with Crippen molar-refractivity contribution in [2.45, 2.75) is 64.1 Å². The maximum atomic E-state index is 12.3. The summed E-state index contributed by atoms with van der Waals surface area (Å²) in [6.45, 7) is 5.47. The number of nitrogens with zero attached hydrogens (tertiary/aromatic N) is 1. The number of ether oxygens (including phenoxy) is 1. The summed E-state index contributed by atoms with van der Waals surface area (Å²) in [5, 5.41) is 30.3. The lowest BCUT2D eigenvalue weighted by atomic mass is 9.97. The topological polar surface area (TPSA) is 125 Å². The molecule has 8 heteroatoms. The molecule has 0 unspecified atom stereocenters. The van der Waals surface area contributed by atoms with Crippen molar-refractivity contribution in [1.82, 2.24) is 9.55 Å². The van der Waals surface area contributed by atoms with Gasteiger partial charge in [-0.1, -0.05) is 23.3 Å². The molecule has 2 rings (SSSR count). The van der Waals surface area contributed by atoms with Crippen molar-refractivity contribution in [2.24, 2.45) is 0 Å². The number of hydrogen-bond donors (Lipinski definition) is 4. The first-order valence-electron chi connectivity index (χ1n) is 8.97. The fourth-order valence-corrected chi connectivity index (χ4v) is 3.21. The molecule has 150 valence electrons. The van der Waals surface area contributed by atoms with Gasteiger partial charge in [-0.2, -0.15) is 0 Å². The molecule has 0 bridgehead atoms. The zero-order chi connectivity index (χ0) is 20.2. The number of aliphatic hydroxyl groups is 3. The Balaban J connectivity index is 2.38. The van der Waals surface area contributed by atoms with Gasteiger partial charge in [0.05, 0.1) is 6.61 Å². The third-order valence-electron chi connectivity index (χ3n) is 4.77. The van der Waals surface area contributed by atoms with E-state index < -0.39 is 41.9 Å². The van der Waals surface area contributed by atoms with Gasteiger partial charge in [0.25, 0.3) is 5.56 Å². The average molecular weight is 380 g/mol. The first-order chi connectivity index (χ1) is 12.7. The van der Waals surface area contributed by atoms with Crippen molar-refractivity contribution in [3.05, 3.63) is 56.4 Å². The van der Waals surface area contributed by atoms with Crippen molar-refractivity contribution in [2.75, 3.05) is 6.61 Å². The molecule has 0 spiro atoms. The van der Waals surface area contributed by atoms with Gasteiger partial charge >= 0.3 is 5.69 Å². The highest BCUT2D eigenvalue weighted by atomic mass is 16.6. The summed E-state index contributed by atoms with van der Waals surface area (Å²) >= 11 is 0. The molecule has 4 atom stereocenters. The largest absolute Gasteiger partial charge is 0.394 e. The predicted molar refractivity (Wildman–Crippen MR) is 100 cm³/mol. The Hall–Kier alpha value is -2.00. The lowest BCUT2D eigenvalue weighted by Gasteiger charge is -2.33. The van der Waals surface area contributed by atoms with E-state index in [2.05, 4.69) is 11.1 Å². The van der Waals surface area contributed by atoms with Crippen LogP contribution in [0.3, 0.4) is 0 Å². The molecular formula is C19H28N2O6. The third kappa shape index (κ3) is 4.65. The van der Waals surface area contributed by atoms with E-state index in [4.69, 9.17) is 4.74 Å². The highest BCUT2D eigenvalue weighted by Crippen LogP contribution is 2.38. The highest BCUT2D eigenvalue weighted by molar-refractivity contribution is 5.09. The first kappa shape index (κ1) is 21.3. The molecule has 1 aliphatic rings. The second kappa shape index (κ2) is 8.79. The fraction of sp³-hybridized carbons (Fsp3) is 0.579. The first-order valence-corrected chi connectivity index (χ1v) is 8.97. The van der Waals surface area contributed by atoms with Gasteiger partial charge in [-0.25, -0.2) is 4.79 Å². The minimum absolute atomic E-state index is 0.0916. The van der Waals surface area contributed by atoms with Crippen LogP contribution in [0.5, 0.6) is 0 Å². The SMILES string of the molecule is CC(C)=CCC/C(C)=C/C[C@@]1(n2ccc(=O)[nH]c2=O)O[C@H](CO)[C@@H](O)[C@H]1O. The molecular weight excluding hydrogens is 352 g/mol. The van der Waals surface area contributed by atoms with Crippen LogP contribution in [-0.2, 0) is 10.5 Å². The van der Waals surface area contributed by atoms with Crippen molar-refractivity contribution < 1.29 is 20.1 Å². The molecule has 1 saturated heterocycles. The minimum Gasteiger partial charge on any atom is -0.394 e. The van der Waals surface area contributed by atoms with Crippen LogP contribution in [0.15, 0.2) is 45.2 Å². The second-order valence-corrected chi connectivity index (χ2v) is 7.17. The number of aromatic nitrogens is 2. The summed E-state index contributed by atoms with van der Waals surface area (Å²) in [7, 11) is 0. The zero-order valence-corrected chi connectivity index (χ0v) is 15.9. The van der Waals surface area contributed by atoms with Crippen LogP contribution in [0.25, 0.3) is 0 Å². The van der Waals surface area contributed by atoms with E-state index in [-0.39, 0.29) is 6.42 Å². The summed E-state index contributed by atoms with van der Waals surface area (Å²) in [5.41, 5.74) is -0.703. The van der Waals surface area contributed by atoms with Crippen molar-refractivity contribution >= 4 is 0 Å². The molecule has 1 aliphatic heterocycles. The normalized spacial score (nSPS) is 28.4. The number of H-pyrrole nitrogens is 1. The highest BCUT2D eigenvalue weighted by Gasteiger charge is 2.55. The van der Waals surface area contributed by atoms with Crippen LogP contribution < -0.4 is 11.2 Å². The van der Waals surface area contributed by atoms with E-state index in [1.165, 1.54) is 11.8 Å². The molecule has 0 saturated carbocycles. The Morgan fingerprint density at radius 3 is 2.56 bits per heavy atom. The van der Waals surface area contributed by atoms with Crippen LogP contribution in [0.2, 0.25) is 0 Å². The number of hydrogen-bond acceptors (Lipinski definition) is 6. The number of aromatic amines is 1. The van der Waals surface area contributed by atoms with Gasteiger partial charge in [0, 0.05) is 18.7 Å². The van der Waals surface area contributed by atoms with Gasteiger partial charge < -0.3 is 20.1 Å². The van der Waals surface area contributed by atoms with Gasteiger partial charge in [-0.3, -0.25) is 14.3 Å². The van der Waals surface area contributed by atoms with Gasteiger partial charge in [-0.05, 0) is 33.6 Å². The Morgan fingerprint density at radius 1 is 1.30 bits per heavy atom. The van der Waals surface area contributed by atoms with E-state index in [9.17, 15) is 24.9 Å². The smallest absolute Gasteiger partial charge is 0.330 e. The molecule has 0 amide bonds. The Labute approximate surface area is 157 Å². The van der Waals surface area contributed by atoms with E-state index in [0.29, 0.717) is 0 Å². The van der Waals surface area contributed by atoms with Crippen LogP contribution in [0, 0.1) is 0 Å². The van der Waals surface area contributed by atoms with Crippen LogP contribution in [0.1, 0.15) is 40.0 Å². The molecule has 27 heavy (non-hydrogen) atoms. The quantitative estimate of drug-likeness (QED) is 0.507. The number of aliphatic hydroxyl groups excluding tert-OH is 3. The van der Waals surface area contributed by atoms with Gasteiger partial charge in [0.2, 0.25) is 0 Å². The molecule has 1 aromatic heterocycles. The molecule has 1 fully saturated rings. The summed E-state index contributed by atoms with van der Waals surface area (Å²) in [4.78, 5) is 25.8. The van der Waals surface area contributed by atoms with Gasteiger partial charge in [0.15, 0.2) is 5.72 Å². The van der Waals surface area contributed by atoms with Crippen LogP contribution in [0.4, 0.5) is 0 Å². The van der Waals surface area contributed by atoms with E-state index >= 15 is 0 Å². The Bertz CT molecular complexity index is 820. The third-order valence-corrected chi connectivity index (χ3v) is 4.77. The predicted octanol–water partition coefficient (Wildman–Crippen LogP) is 0.385. The molecule has 1 aromatic rings. The van der Waals surface area contributed by atoms with Crippen molar-refractivity contribution in [3.63, 3.8) is 0 Å². The fourth-order valence-electron chi connectivity index (χ4n) is 3.21.